The third-order valence-corrected chi connectivity index (χ3v) is 9.93. The lowest BCUT2D eigenvalue weighted by atomic mass is 9.79. The van der Waals surface area contributed by atoms with Crippen molar-refractivity contribution in [2.24, 2.45) is 23.7 Å². The molecule has 164 valence electrons. The van der Waals surface area contributed by atoms with E-state index in [1.54, 1.807) is 6.07 Å². The molecule has 1 aromatic carbocycles. The molecule has 1 saturated heterocycles. The number of sulfonamides is 1. The second-order valence-corrected chi connectivity index (χ2v) is 11.5. The van der Waals surface area contributed by atoms with E-state index in [0.717, 1.165) is 24.2 Å². The molecule has 1 heterocycles. The lowest BCUT2D eigenvalue weighted by Crippen LogP contribution is -2.47. The van der Waals surface area contributed by atoms with Gasteiger partial charge in [0.2, 0.25) is 10.0 Å². The molecule has 1 N–H and O–H groups in total. The molecule has 8 nitrogen and oxygen atoms in total. The van der Waals surface area contributed by atoms with Gasteiger partial charge in [-0.15, -0.1) is 0 Å². The molecule has 4 aliphatic rings. The zero-order valence-electron chi connectivity index (χ0n) is 17.4. The van der Waals surface area contributed by atoms with Crippen molar-refractivity contribution in [1.82, 2.24) is 9.21 Å². The SMILES string of the molecule is CN1CCN(S(=O)(=O)c2ccc(NC3CC4CC3C3CCCC43)c([N+](=O)[O-])c2)CC1. The van der Waals surface area contributed by atoms with Gasteiger partial charge in [-0.05, 0) is 68.5 Å². The molecule has 5 rings (SSSR count). The minimum absolute atomic E-state index is 0.00750. The molecule has 0 spiro atoms. The quantitative estimate of drug-likeness (QED) is 0.566. The molecule has 5 atom stereocenters. The van der Waals surface area contributed by atoms with Crippen molar-refractivity contribution in [1.29, 1.82) is 0 Å². The van der Waals surface area contributed by atoms with E-state index < -0.39 is 14.9 Å². The Morgan fingerprint density at radius 1 is 1.07 bits per heavy atom. The first-order valence-electron chi connectivity index (χ1n) is 11.1. The molecule has 30 heavy (non-hydrogen) atoms. The van der Waals surface area contributed by atoms with Crippen molar-refractivity contribution in [2.45, 2.75) is 43.0 Å². The summed E-state index contributed by atoms with van der Waals surface area (Å²) in [5, 5.41) is 15.2. The maximum absolute atomic E-state index is 13.0. The smallest absolute Gasteiger partial charge is 0.293 e. The Bertz CT molecular complexity index is 944. The number of fused-ring (bicyclic) bond motifs is 5. The zero-order valence-corrected chi connectivity index (χ0v) is 18.2. The number of benzene rings is 1. The van der Waals surface area contributed by atoms with Gasteiger partial charge in [0.1, 0.15) is 5.69 Å². The van der Waals surface area contributed by atoms with Crippen LogP contribution in [0.1, 0.15) is 32.1 Å². The number of nitro benzene ring substituents is 1. The van der Waals surface area contributed by atoms with Crippen LogP contribution in [0.3, 0.4) is 0 Å². The largest absolute Gasteiger partial charge is 0.376 e. The van der Waals surface area contributed by atoms with Gasteiger partial charge >= 0.3 is 0 Å². The van der Waals surface area contributed by atoms with Crippen molar-refractivity contribution in [2.75, 3.05) is 38.5 Å². The van der Waals surface area contributed by atoms with Crippen molar-refractivity contribution in [3.8, 4) is 0 Å². The Balaban J connectivity index is 1.37. The van der Waals surface area contributed by atoms with E-state index in [2.05, 4.69) is 10.2 Å². The topological polar surface area (TPSA) is 95.8 Å². The van der Waals surface area contributed by atoms with E-state index in [1.165, 1.54) is 42.1 Å². The Morgan fingerprint density at radius 2 is 1.80 bits per heavy atom. The number of hydrogen-bond acceptors (Lipinski definition) is 6. The third kappa shape index (κ3) is 3.31. The summed E-state index contributed by atoms with van der Waals surface area (Å²) in [7, 11) is -1.77. The molecule has 5 unspecified atom stereocenters. The maximum atomic E-state index is 13.0. The molecule has 0 amide bonds. The van der Waals surface area contributed by atoms with E-state index in [9.17, 15) is 18.5 Å². The molecule has 9 heteroatoms. The van der Waals surface area contributed by atoms with Crippen molar-refractivity contribution in [3.63, 3.8) is 0 Å². The van der Waals surface area contributed by atoms with Crippen LogP contribution in [0, 0.1) is 33.8 Å². The molecule has 0 radical (unpaired) electrons. The van der Waals surface area contributed by atoms with Crippen molar-refractivity contribution < 1.29 is 13.3 Å². The first kappa shape index (κ1) is 20.2. The van der Waals surface area contributed by atoms with Gasteiger partial charge in [-0.1, -0.05) is 6.42 Å². The summed E-state index contributed by atoms with van der Waals surface area (Å²) in [4.78, 5) is 13.4. The van der Waals surface area contributed by atoms with Crippen LogP contribution < -0.4 is 5.32 Å². The molecule has 4 fully saturated rings. The Kier molecular flexibility index (Phi) is 5.02. The summed E-state index contributed by atoms with van der Waals surface area (Å²) >= 11 is 0. The lowest BCUT2D eigenvalue weighted by molar-refractivity contribution is -0.384. The molecule has 2 bridgehead atoms. The molecule has 3 saturated carbocycles. The van der Waals surface area contributed by atoms with Gasteiger partial charge in [-0.2, -0.15) is 4.31 Å². The first-order chi connectivity index (χ1) is 14.3. The number of hydrogen-bond donors (Lipinski definition) is 1. The molecule has 1 aromatic rings. The van der Waals surface area contributed by atoms with Crippen LogP contribution in [0.2, 0.25) is 0 Å². The van der Waals surface area contributed by atoms with Gasteiger partial charge < -0.3 is 10.2 Å². The number of piperazine rings is 1. The van der Waals surface area contributed by atoms with Crippen LogP contribution in [0.5, 0.6) is 0 Å². The Morgan fingerprint density at radius 3 is 2.53 bits per heavy atom. The van der Waals surface area contributed by atoms with Gasteiger partial charge in [0.25, 0.3) is 5.69 Å². The summed E-state index contributed by atoms with van der Waals surface area (Å²) in [6.07, 6.45) is 6.25. The summed E-state index contributed by atoms with van der Waals surface area (Å²) in [6.45, 7) is 2.13. The zero-order chi connectivity index (χ0) is 21.0. The van der Waals surface area contributed by atoms with E-state index >= 15 is 0 Å². The summed E-state index contributed by atoms with van der Waals surface area (Å²) in [5.41, 5.74) is 0.306. The normalized spacial score (nSPS) is 34.2. The van der Waals surface area contributed by atoms with E-state index in [1.807, 2.05) is 7.05 Å². The third-order valence-electron chi connectivity index (χ3n) is 8.04. The minimum atomic E-state index is -3.73. The van der Waals surface area contributed by atoms with Gasteiger partial charge in [-0.25, -0.2) is 8.42 Å². The van der Waals surface area contributed by atoms with E-state index in [4.69, 9.17) is 0 Å². The second-order valence-electron chi connectivity index (χ2n) is 9.55. The number of rotatable bonds is 5. The minimum Gasteiger partial charge on any atom is -0.376 e. The highest BCUT2D eigenvalue weighted by Gasteiger charge is 2.53. The average molecular weight is 435 g/mol. The van der Waals surface area contributed by atoms with E-state index in [-0.39, 0.29) is 16.6 Å². The van der Waals surface area contributed by atoms with Gasteiger partial charge in [-0.3, -0.25) is 10.1 Å². The van der Waals surface area contributed by atoms with Crippen LogP contribution in [-0.4, -0.2) is 61.8 Å². The standard InChI is InChI=1S/C21H30N4O4S/c1-23-7-9-24(10-8-23)30(28,29)15-5-6-19(21(13-15)25(26)27)22-20-12-14-11-18(20)17-4-2-3-16(14)17/h5-6,13-14,16-18,20,22H,2-4,7-12H2,1H3. The monoisotopic (exact) mass is 434 g/mol. The maximum Gasteiger partial charge on any atom is 0.293 e. The number of anilines is 1. The number of nitrogens with one attached hydrogen (secondary N) is 1. The van der Waals surface area contributed by atoms with Gasteiger partial charge in [0.15, 0.2) is 0 Å². The number of nitro groups is 1. The predicted molar refractivity (Wildman–Crippen MR) is 114 cm³/mol. The Hall–Kier alpha value is -1.71. The summed E-state index contributed by atoms with van der Waals surface area (Å²) in [5.74, 6) is 2.96. The highest BCUT2D eigenvalue weighted by Crippen LogP contribution is 2.59. The lowest BCUT2D eigenvalue weighted by Gasteiger charge is -2.33. The predicted octanol–water partition coefficient (Wildman–Crippen LogP) is 2.77. The van der Waals surface area contributed by atoms with Crippen LogP contribution in [-0.2, 0) is 10.0 Å². The Labute approximate surface area is 177 Å². The summed E-state index contributed by atoms with van der Waals surface area (Å²) < 4.78 is 27.5. The number of nitrogens with zero attached hydrogens (tertiary/aromatic N) is 3. The second kappa shape index (κ2) is 7.46. The fourth-order valence-electron chi connectivity index (χ4n) is 6.56. The van der Waals surface area contributed by atoms with Crippen molar-refractivity contribution >= 4 is 21.4 Å². The fraction of sp³-hybridized carbons (Fsp3) is 0.714. The highest BCUT2D eigenvalue weighted by atomic mass is 32.2. The molecule has 3 aliphatic carbocycles. The molecular weight excluding hydrogens is 404 g/mol. The van der Waals surface area contributed by atoms with E-state index in [0.29, 0.717) is 37.8 Å². The van der Waals surface area contributed by atoms with Crippen LogP contribution in [0.25, 0.3) is 0 Å². The number of likely N-dealkylation sites (N-methyl/N-ethyl adjacent to an activating group) is 1. The van der Waals surface area contributed by atoms with Crippen LogP contribution in [0.15, 0.2) is 23.1 Å². The van der Waals surface area contributed by atoms with Gasteiger partial charge in [0.05, 0.1) is 9.82 Å². The molecular formula is C21H30N4O4S. The average Bonchev–Trinajstić information content (AvgIpc) is 3.42. The van der Waals surface area contributed by atoms with Crippen LogP contribution >= 0.6 is 0 Å². The fourth-order valence-corrected chi connectivity index (χ4v) is 8.00. The summed E-state index contributed by atoms with van der Waals surface area (Å²) in [6, 6.07) is 4.61. The van der Waals surface area contributed by atoms with Crippen LogP contribution in [0.4, 0.5) is 11.4 Å². The van der Waals surface area contributed by atoms with Crippen molar-refractivity contribution in [3.05, 3.63) is 28.3 Å². The first-order valence-corrected chi connectivity index (χ1v) is 12.5. The molecule has 0 aromatic heterocycles. The highest BCUT2D eigenvalue weighted by molar-refractivity contribution is 7.89. The van der Waals surface area contributed by atoms with Gasteiger partial charge in [0, 0.05) is 38.3 Å². The molecule has 1 aliphatic heterocycles.